The molecule has 1 aromatic rings. The molecule has 11 nitrogen and oxygen atoms in total. The lowest BCUT2D eigenvalue weighted by molar-refractivity contribution is -0.181. The molecule has 3 N–H and O–H groups in total. The number of aliphatic carboxylic acids is 1. The lowest BCUT2D eigenvalue weighted by Gasteiger charge is -2.48. The van der Waals surface area contributed by atoms with Crippen molar-refractivity contribution < 1.29 is 33.8 Å². The Balaban J connectivity index is 2.01. The van der Waals surface area contributed by atoms with Crippen molar-refractivity contribution >= 4 is 35.5 Å². The zero-order valence-electron chi connectivity index (χ0n) is 23.0. The highest BCUT2D eigenvalue weighted by molar-refractivity contribution is 6.01. The second kappa shape index (κ2) is 13.9. The normalized spacial score (nSPS) is 17.8. The molecule has 0 aliphatic carbocycles. The summed E-state index contributed by atoms with van der Waals surface area (Å²) in [5.41, 5.74) is 0.710. The van der Waals surface area contributed by atoms with Gasteiger partial charge in [0, 0.05) is 17.8 Å². The van der Waals surface area contributed by atoms with E-state index in [1.165, 1.54) is 24.3 Å². The van der Waals surface area contributed by atoms with Gasteiger partial charge in [-0.3, -0.25) is 14.9 Å². The van der Waals surface area contributed by atoms with Crippen molar-refractivity contribution in [3.63, 3.8) is 0 Å². The number of carbonyl (C=O) groups is 5. The summed E-state index contributed by atoms with van der Waals surface area (Å²) in [6.07, 6.45) is 0.280. The predicted molar refractivity (Wildman–Crippen MR) is 142 cm³/mol. The molecule has 1 aliphatic heterocycles. The van der Waals surface area contributed by atoms with Gasteiger partial charge in [-0.05, 0) is 76.0 Å². The second-order valence-corrected chi connectivity index (χ2v) is 10.7. The van der Waals surface area contributed by atoms with E-state index in [2.05, 4.69) is 10.6 Å². The van der Waals surface area contributed by atoms with E-state index in [9.17, 15) is 29.1 Å². The summed E-state index contributed by atoms with van der Waals surface area (Å²) in [6, 6.07) is 3.72. The Morgan fingerprint density at radius 3 is 2.21 bits per heavy atom. The number of benzene rings is 1. The number of carboxylic acid groups (broad SMARTS) is 1. The van der Waals surface area contributed by atoms with Crippen LogP contribution in [0.4, 0.5) is 10.5 Å². The maximum absolute atomic E-state index is 12.9. The van der Waals surface area contributed by atoms with Crippen molar-refractivity contribution in [2.45, 2.75) is 59.0 Å². The Labute approximate surface area is 223 Å². The van der Waals surface area contributed by atoms with E-state index in [1.807, 2.05) is 46.7 Å². The van der Waals surface area contributed by atoms with E-state index in [4.69, 9.17) is 4.74 Å². The Kier molecular flexibility index (Phi) is 11.2. The van der Waals surface area contributed by atoms with E-state index >= 15 is 0 Å². The summed E-state index contributed by atoms with van der Waals surface area (Å²) in [6.45, 7) is 8.82. The van der Waals surface area contributed by atoms with Crippen LogP contribution in [0.2, 0.25) is 0 Å². The summed E-state index contributed by atoms with van der Waals surface area (Å²) in [5.74, 6) is -3.53. The molecule has 0 saturated carbocycles. The smallest absolute Gasteiger partial charge is 0.419 e. The van der Waals surface area contributed by atoms with Crippen molar-refractivity contribution in [2.75, 3.05) is 32.5 Å². The number of esters is 1. The van der Waals surface area contributed by atoms with Gasteiger partial charge in [-0.15, -0.1) is 0 Å². The monoisotopic (exact) mass is 532 g/mol. The second-order valence-electron chi connectivity index (χ2n) is 10.7. The van der Waals surface area contributed by atoms with Crippen LogP contribution < -0.4 is 10.6 Å². The van der Waals surface area contributed by atoms with Crippen LogP contribution >= 0.6 is 0 Å². The highest BCUT2D eigenvalue weighted by atomic mass is 16.6. The van der Waals surface area contributed by atoms with Crippen LogP contribution in [0.15, 0.2) is 24.3 Å². The maximum Gasteiger partial charge on any atom is 0.419 e. The standard InChI is InChI=1S/C27H40N4O7/c1-16(2)14-20-22(25(34)35)31(24(20)33)21(15-17(3)4)26(36)38-27(37)29-19-10-8-18(9-11-19)23(32)28-12-7-13-30(5)6/h8-11,16-17,20-22H,7,12-15H2,1-6H3,(H,28,32)(H,29,37)(H,34,35)/t20?,21-,22?/m0/s1. The lowest BCUT2D eigenvalue weighted by atomic mass is 9.79. The Morgan fingerprint density at radius 1 is 1.05 bits per heavy atom. The highest BCUT2D eigenvalue weighted by Gasteiger charge is 2.56. The molecular formula is C27H40N4O7. The van der Waals surface area contributed by atoms with E-state index in [0.717, 1.165) is 17.9 Å². The van der Waals surface area contributed by atoms with Gasteiger partial charge >= 0.3 is 18.0 Å². The van der Waals surface area contributed by atoms with E-state index in [-0.39, 0.29) is 24.2 Å². The van der Waals surface area contributed by atoms with E-state index in [1.54, 1.807) is 0 Å². The average molecular weight is 533 g/mol. The van der Waals surface area contributed by atoms with Crippen LogP contribution in [0.5, 0.6) is 0 Å². The Morgan fingerprint density at radius 2 is 1.68 bits per heavy atom. The summed E-state index contributed by atoms with van der Waals surface area (Å²) in [7, 11) is 3.91. The molecule has 1 fully saturated rings. The van der Waals surface area contributed by atoms with Gasteiger partial charge in [0.25, 0.3) is 5.91 Å². The first-order chi connectivity index (χ1) is 17.8. The van der Waals surface area contributed by atoms with Crippen LogP contribution in [-0.4, -0.2) is 84.0 Å². The van der Waals surface area contributed by atoms with Crippen molar-refractivity contribution in [1.82, 2.24) is 15.1 Å². The molecule has 1 saturated heterocycles. The molecule has 1 heterocycles. The zero-order chi connectivity index (χ0) is 28.6. The third kappa shape index (κ3) is 8.54. The lowest BCUT2D eigenvalue weighted by Crippen LogP contribution is -2.69. The van der Waals surface area contributed by atoms with Gasteiger partial charge in [-0.1, -0.05) is 27.7 Å². The number of ether oxygens (including phenoxy) is 1. The van der Waals surface area contributed by atoms with Crippen molar-refractivity contribution in [1.29, 1.82) is 0 Å². The molecule has 2 unspecified atom stereocenters. The first-order valence-corrected chi connectivity index (χ1v) is 12.9. The number of hydrogen-bond donors (Lipinski definition) is 3. The van der Waals surface area contributed by atoms with Crippen molar-refractivity contribution in [3.8, 4) is 0 Å². The van der Waals surface area contributed by atoms with Gasteiger partial charge in [0.05, 0.1) is 5.92 Å². The number of nitrogens with one attached hydrogen (secondary N) is 2. The number of rotatable bonds is 13. The van der Waals surface area contributed by atoms with Gasteiger partial charge in [0.1, 0.15) is 12.1 Å². The Bertz CT molecular complexity index is 1010. The largest absolute Gasteiger partial charge is 0.480 e. The van der Waals surface area contributed by atoms with E-state index < -0.39 is 41.9 Å². The summed E-state index contributed by atoms with van der Waals surface area (Å²) < 4.78 is 4.97. The molecular weight excluding hydrogens is 492 g/mol. The Hall–Kier alpha value is -3.47. The molecule has 2 rings (SSSR count). The first kappa shape index (κ1) is 30.8. The van der Waals surface area contributed by atoms with Gasteiger partial charge in [-0.2, -0.15) is 0 Å². The molecule has 38 heavy (non-hydrogen) atoms. The molecule has 0 aromatic heterocycles. The number of amides is 3. The minimum atomic E-state index is -1.20. The van der Waals surface area contributed by atoms with Crippen LogP contribution in [0, 0.1) is 17.8 Å². The quantitative estimate of drug-likeness (QED) is 0.152. The fraction of sp³-hybridized carbons (Fsp3) is 0.593. The van der Waals surface area contributed by atoms with Gasteiger partial charge in [0.2, 0.25) is 5.91 Å². The summed E-state index contributed by atoms with van der Waals surface area (Å²) in [4.78, 5) is 65.5. The molecule has 0 radical (unpaired) electrons. The number of likely N-dealkylation sites (tertiary alicyclic amines) is 1. The molecule has 11 heteroatoms. The van der Waals surface area contributed by atoms with Gasteiger partial charge in [-0.25, -0.2) is 14.4 Å². The highest BCUT2D eigenvalue weighted by Crippen LogP contribution is 2.36. The fourth-order valence-electron chi connectivity index (χ4n) is 4.43. The molecule has 3 atom stereocenters. The third-order valence-corrected chi connectivity index (χ3v) is 6.19. The van der Waals surface area contributed by atoms with Crippen LogP contribution in [-0.2, 0) is 19.1 Å². The number of anilines is 1. The van der Waals surface area contributed by atoms with E-state index in [0.29, 0.717) is 24.2 Å². The van der Waals surface area contributed by atoms with Crippen LogP contribution in [0.3, 0.4) is 0 Å². The number of nitrogens with zero attached hydrogens (tertiary/aromatic N) is 2. The zero-order valence-corrected chi connectivity index (χ0v) is 23.0. The van der Waals surface area contributed by atoms with Crippen LogP contribution in [0.1, 0.15) is 57.3 Å². The van der Waals surface area contributed by atoms with Crippen molar-refractivity contribution in [2.24, 2.45) is 17.8 Å². The number of carboxylic acids is 1. The number of carbonyl (C=O) groups excluding carboxylic acids is 4. The van der Waals surface area contributed by atoms with Crippen LogP contribution in [0.25, 0.3) is 0 Å². The summed E-state index contributed by atoms with van der Waals surface area (Å²) >= 11 is 0. The fourth-order valence-corrected chi connectivity index (χ4v) is 4.43. The predicted octanol–water partition coefficient (Wildman–Crippen LogP) is 2.82. The topological polar surface area (TPSA) is 145 Å². The molecule has 0 spiro atoms. The van der Waals surface area contributed by atoms with Gasteiger partial charge < -0.3 is 25.0 Å². The van der Waals surface area contributed by atoms with Gasteiger partial charge in [0.15, 0.2) is 0 Å². The summed E-state index contributed by atoms with van der Waals surface area (Å²) in [5, 5.41) is 15.0. The number of β-lactam (4-membered cyclic amide) rings is 1. The molecule has 0 bridgehead atoms. The number of hydrogen-bond acceptors (Lipinski definition) is 7. The maximum atomic E-state index is 12.9. The minimum Gasteiger partial charge on any atom is -0.480 e. The SMILES string of the molecule is CC(C)CC1C(=O)N([C@@H](CC(C)C)C(=O)OC(=O)Nc2ccc(C(=O)NCCCN(C)C)cc2)C1C(=O)O. The molecule has 210 valence electrons. The average Bonchev–Trinajstić information content (AvgIpc) is 2.81. The first-order valence-electron chi connectivity index (χ1n) is 12.9. The minimum absolute atomic E-state index is 0.0661. The molecule has 3 amide bonds. The van der Waals surface area contributed by atoms with Crippen molar-refractivity contribution in [3.05, 3.63) is 29.8 Å². The third-order valence-electron chi connectivity index (χ3n) is 6.19. The molecule has 1 aliphatic rings. The molecule has 1 aromatic carbocycles.